The number of alkyl halides is 3. The van der Waals surface area contributed by atoms with Crippen molar-refractivity contribution in [2.24, 2.45) is 5.92 Å². The SMILES string of the molecule is CC[C@@H](C)c1ccc(C(=O)COC(=O)C2CCN(c3ccc4nnc(C(F)(F)F)n4n3)CC2)cc1. The van der Waals surface area contributed by atoms with Gasteiger partial charge in [-0.15, -0.1) is 15.3 Å². The Hall–Kier alpha value is -3.50. The zero-order chi connectivity index (χ0) is 25.2. The molecule has 1 aliphatic rings. The molecule has 0 N–H and O–H groups in total. The number of Topliss-reactive ketones (excluding diaryl/α,β-unsaturated/α-hetero) is 1. The number of hydrogen-bond donors (Lipinski definition) is 0. The molecule has 35 heavy (non-hydrogen) atoms. The maximum absolute atomic E-state index is 13.1. The van der Waals surface area contributed by atoms with Crippen LogP contribution in [0.15, 0.2) is 36.4 Å². The number of rotatable bonds is 7. The lowest BCUT2D eigenvalue weighted by atomic mass is 9.96. The summed E-state index contributed by atoms with van der Waals surface area (Å²) in [6.07, 6.45) is -2.80. The molecule has 11 heteroatoms. The highest BCUT2D eigenvalue weighted by Crippen LogP contribution is 2.29. The van der Waals surface area contributed by atoms with Crippen LogP contribution in [-0.2, 0) is 15.7 Å². The summed E-state index contributed by atoms with van der Waals surface area (Å²) >= 11 is 0. The van der Waals surface area contributed by atoms with E-state index in [4.69, 9.17) is 4.74 Å². The summed E-state index contributed by atoms with van der Waals surface area (Å²) in [7, 11) is 0. The fraction of sp³-hybridized carbons (Fsp3) is 0.458. The summed E-state index contributed by atoms with van der Waals surface area (Å²) < 4.78 is 45.3. The molecule has 0 amide bonds. The van der Waals surface area contributed by atoms with Crippen LogP contribution in [0.5, 0.6) is 0 Å². The minimum Gasteiger partial charge on any atom is -0.457 e. The van der Waals surface area contributed by atoms with E-state index in [0.29, 0.717) is 47.7 Å². The molecule has 0 unspecified atom stereocenters. The Morgan fingerprint density at radius 1 is 1.09 bits per heavy atom. The second-order valence-electron chi connectivity index (χ2n) is 8.71. The van der Waals surface area contributed by atoms with E-state index in [1.165, 1.54) is 6.07 Å². The molecule has 1 fully saturated rings. The summed E-state index contributed by atoms with van der Waals surface area (Å²) in [4.78, 5) is 26.7. The number of fused-ring (bicyclic) bond motifs is 1. The molecule has 0 radical (unpaired) electrons. The second-order valence-corrected chi connectivity index (χ2v) is 8.71. The summed E-state index contributed by atoms with van der Waals surface area (Å²) in [6.45, 7) is 4.71. The van der Waals surface area contributed by atoms with Crippen LogP contribution < -0.4 is 4.90 Å². The van der Waals surface area contributed by atoms with Gasteiger partial charge in [-0.1, -0.05) is 38.1 Å². The zero-order valence-corrected chi connectivity index (χ0v) is 19.5. The molecule has 1 atom stereocenters. The van der Waals surface area contributed by atoms with Crippen molar-refractivity contribution in [3.05, 3.63) is 53.3 Å². The number of halogens is 3. The van der Waals surface area contributed by atoms with Gasteiger partial charge in [0.25, 0.3) is 5.82 Å². The summed E-state index contributed by atoms with van der Waals surface area (Å²) in [5.41, 5.74) is 1.65. The van der Waals surface area contributed by atoms with Crippen molar-refractivity contribution < 1.29 is 27.5 Å². The quantitative estimate of drug-likeness (QED) is 0.361. The Bertz CT molecular complexity index is 1200. The van der Waals surface area contributed by atoms with Crippen molar-refractivity contribution in [1.29, 1.82) is 0 Å². The molecule has 0 aliphatic carbocycles. The third kappa shape index (κ3) is 5.44. The first-order chi connectivity index (χ1) is 16.7. The molecule has 1 aliphatic heterocycles. The molecule has 2 aromatic heterocycles. The van der Waals surface area contributed by atoms with Crippen molar-refractivity contribution in [2.45, 2.75) is 45.2 Å². The predicted molar refractivity (Wildman–Crippen MR) is 121 cm³/mol. The highest BCUT2D eigenvalue weighted by atomic mass is 19.4. The van der Waals surface area contributed by atoms with Gasteiger partial charge < -0.3 is 9.64 Å². The van der Waals surface area contributed by atoms with Crippen LogP contribution in [0, 0.1) is 5.92 Å². The van der Waals surface area contributed by atoms with Crippen LogP contribution in [0.4, 0.5) is 19.0 Å². The van der Waals surface area contributed by atoms with Crippen LogP contribution in [0.1, 0.15) is 60.8 Å². The molecule has 8 nitrogen and oxygen atoms in total. The van der Waals surface area contributed by atoms with Crippen LogP contribution in [0.25, 0.3) is 5.65 Å². The Balaban J connectivity index is 1.31. The van der Waals surface area contributed by atoms with Crippen LogP contribution in [0.2, 0.25) is 0 Å². The lowest BCUT2D eigenvalue weighted by Crippen LogP contribution is -2.38. The van der Waals surface area contributed by atoms with Crippen LogP contribution in [-0.4, -0.2) is 51.3 Å². The van der Waals surface area contributed by atoms with E-state index in [1.54, 1.807) is 23.1 Å². The normalized spacial score (nSPS) is 15.9. The Morgan fingerprint density at radius 2 is 1.77 bits per heavy atom. The number of ketones is 1. The fourth-order valence-electron chi connectivity index (χ4n) is 4.04. The van der Waals surface area contributed by atoms with Crippen molar-refractivity contribution in [2.75, 3.05) is 24.6 Å². The highest BCUT2D eigenvalue weighted by molar-refractivity contribution is 5.98. The van der Waals surface area contributed by atoms with Crippen molar-refractivity contribution in [3.63, 3.8) is 0 Å². The van der Waals surface area contributed by atoms with Crippen molar-refractivity contribution in [1.82, 2.24) is 19.8 Å². The molecule has 3 aromatic rings. The average molecular weight is 489 g/mol. The molecule has 1 saturated heterocycles. The van der Waals surface area contributed by atoms with E-state index in [0.717, 1.165) is 12.0 Å². The molecule has 3 heterocycles. The Morgan fingerprint density at radius 3 is 2.40 bits per heavy atom. The van der Waals surface area contributed by atoms with E-state index in [9.17, 15) is 22.8 Å². The third-order valence-electron chi connectivity index (χ3n) is 6.41. The first-order valence-corrected chi connectivity index (χ1v) is 11.5. The molecular weight excluding hydrogens is 463 g/mol. The van der Waals surface area contributed by atoms with Gasteiger partial charge in [0.15, 0.2) is 18.0 Å². The number of hydrogen-bond acceptors (Lipinski definition) is 7. The molecule has 0 spiro atoms. The molecule has 4 rings (SSSR count). The van der Waals surface area contributed by atoms with Gasteiger partial charge >= 0.3 is 12.1 Å². The Kier molecular flexibility index (Phi) is 7.04. The van der Waals surface area contributed by atoms with E-state index in [1.807, 2.05) is 12.1 Å². The van der Waals surface area contributed by atoms with Gasteiger partial charge in [0.1, 0.15) is 5.82 Å². The third-order valence-corrected chi connectivity index (χ3v) is 6.41. The van der Waals surface area contributed by atoms with Gasteiger partial charge in [-0.25, -0.2) is 0 Å². The number of ether oxygens (including phenoxy) is 1. The van der Waals surface area contributed by atoms with Gasteiger partial charge in [-0.2, -0.15) is 17.7 Å². The average Bonchev–Trinajstić information content (AvgIpc) is 3.31. The van der Waals surface area contributed by atoms with Crippen molar-refractivity contribution in [3.8, 4) is 0 Å². The van der Waals surface area contributed by atoms with E-state index in [-0.39, 0.29) is 18.0 Å². The van der Waals surface area contributed by atoms with Gasteiger partial charge in [-0.05, 0) is 42.9 Å². The fourth-order valence-corrected chi connectivity index (χ4v) is 4.04. The van der Waals surface area contributed by atoms with Gasteiger partial charge in [0, 0.05) is 18.7 Å². The van der Waals surface area contributed by atoms with Crippen molar-refractivity contribution >= 4 is 23.2 Å². The molecule has 1 aromatic carbocycles. The maximum Gasteiger partial charge on any atom is 0.453 e. The number of esters is 1. The molecular formula is C24H26F3N5O3. The number of nitrogens with zero attached hydrogens (tertiary/aromatic N) is 5. The summed E-state index contributed by atoms with van der Waals surface area (Å²) in [5, 5.41) is 10.7. The van der Waals surface area contributed by atoms with Gasteiger partial charge in [-0.3, -0.25) is 9.59 Å². The van der Waals surface area contributed by atoms with E-state index < -0.39 is 23.9 Å². The molecule has 0 saturated carbocycles. The number of anilines is 1. The summed E-state index contributed by atoms with van der Waals surface area (Å²) in [5.74, 6) is -1.55. The smallest absolute Gasteiger partial charge is 0.453 e. The monoisotopic (exact) mass is 489 g/mol. The minimum absolute atomic E-state index is 0.00118. The zero-order valence-electron chi connectivity index (χ0n) is 19.5. The summed E-state index contributed by atoms with van der Waals surface area (Å²) in [6, 6.07) is 10.3. The lowest BCUT2D eigenvalue weighted by molar-refractivity contribution is -0.148. The maximum atomic E-state index is 13.1. The standard InChI is InChI=1S/C24H26F3N5O3/c1-3-15(2)16-4-6-17(7-5-16)19(33)14-35-22(34)18-10-12-31(13-11-18)21-9-8-20-28-29-23(24(25,26)27)32(20)30-21/h4-9,15,18H,3,10-14H2,1-2H3/t15-/m1/s1. The topological polar surface area (TPSA) is 89.7 Å². The van der Waals surface area contributed by atoms with Crippen LogP contribution in [0.3, 0.4) is 0 Å². The highest BCUT2D eigenvalue weighted by Gasteiger charge is 2.38. The van der Waals surface area contributed by atoms with E-state index in [2.05, 4.69) is 29.1 Å². The molecule has 0 bridgehead atoms. The Labute approximate surface area is 200 Å². The number of carbonyl (C=O) groups is 2. The number of benzene rings is 1. The van der Waals surface area contributed by atoms with Crippen LogP contribution >= 0.6 is 0 Å². The second kappa shape index (κ2) is 10.0. The molecule has 186 valence electrons. The van der Waals surface area contributed by atoms with E-state index >= 15 is 0 Å². The number of piperidine rings is 1. The lowest BCUT2D eigenvalue weighted by Gasteiger charge is -2.31. The predicted octanol–water partition coefficient (Wildman–Crippen LogP) is 4.30. The van der Waals surface area contributed by atoms with Gasteiger partial charge in [0.2, 0.25) is 0 Å². The first kappa shape index (κ1) is 24.6. The van der Waals surface area contributed by atoms with Gasteiger partial charge in [0.05, 0.1) is 5.92 Å². The number of aromatic nitrogens is 4. The first-order valence-electron chi connectivity index (χ1n) is 11.5. The minimum atomic E-state index is -4.67. The largest absolute Gasteiger partial charge is 0.457 e. The number of carbonyl (C=O) groups excluding carboxylic acids is 2.